The summed E-state index contributed by atoms with van der Waals surface area (Å²) in [6.07, 6.45) is 8.49. The van der Waals surface area contributed by atoms with Crippen LogP contribution in [0.5, 0.6) is 5.75 Å². The SMILES string of the molecule is NCCCOc1ccc(Br)cc1/C=C/c1ccncc1. The van der Waals surface area contributed by atoms with Crippen LogP contribution < -0.4 is 10.5 Å². The van der Waals surface area contributed by atoms with Gasteiger partial charge in [-0.2, -0.15) is 0 Å². The molecule has 0 saturated heterocycles. The van der Waals surface area contributed by atoms with Gasteiger partial charge in [-0.25, -0.2) is 0 Å². The molecule has 1 aromatic heterocycles. The molecule has 0 aliphatic carbocycles. The number of hydrogen-bond acceptors (Lipinski definition) is 3. The molecule has 0 aliphatic rings. The molecule has 0 unspecified atom stereocenters. The van der Waals surface area contributed by atoms with Crippen LogP contribution in [0.15, 0.2) is 47.2 Å². The van der Waals surface area contributed by atoms with Gasteiger partial charge in [0.05, 0.1) is 6.61 Å². The molecule has 0 spiro atoms. The van der Waals surface area contributed by atoms with E-state index in [0.29, 0.717) is 13.2 Å². The predicted octanol–water partition coefficient (Wildman–Crippen LogP) is 3.74. The van der Waals surface area contributed by atoms with Crippen molar-refractivity contribution in [3.05, 3.63) is 58.3 Å². The van der Waals surface area contributed by atoms with E-state index in [4.69, 9.17) is 10.5 Å². The fourth-order valence-corrected chi connectivity index (χ4v) is 2.09. The molecular weight excluding hydrogens is 316 g/mol. The van der Waals surface area contributed by atoms with E-state index in [-0.39, 0.29) is 0 Å². The third-order valence-corrected chi connectivity index (χ3v) is 3.23. The lowest BCUT2D eigenvalue weighted by Crippen LogP contribution is -2.06. The normalized spacial score (nSPS) is 10.9. The van der Waals surface area contributed by atoms with Crippen molar-refractivity contribution < 1.29 is 4.74 Å². The zero-order valence-electron chi connectivity index (χ0n) is 11.1. The van der Waals surface area contributed by atoms with E-state index >= 15 is 0 Å². The predicted molar refractivity (Wildman–Crippen MR) is 86.5 cm³/mol. The van der Waals surface area contributed by atoms with Crippen molar-refractivity contribution in [3.63, 3.8) is 0 Å². The van der Waals surface area contributed by atoms with Gasteiger partial charge in [0.1, 0.15) is 5.75 Å². The minimum atomic E-state index is 0.633. The average molecular weight is 333 g/mol. The van der Waals surface area contributed by atoms with Crippen molar-refractivity contribution in [2.45, 2.75) is 6.42 Å². The molecule has 0 atom stereocenters. The highest BCUT2D eigenvalue weighted by Gasteiger charge is 2.01. The molecule has 4 heteroatoms. The van der Waals surface area contributed by atoms with Gasteiger partial charge in [0.2, 0.25) is 0 Å². The molecule has 2 N–H and O–H groups in total. The van der Waals surface area contributed by atoms with Gasteiger partial charge in [0.15, 0.2) is 0 Å². The zero-order chi connectivity index (χ0) is 14.2. The summed E-state index contributed by atoms with van der Waals surface area (Å²) in [4.78, 5) is 4.00. The maximum absolute atomic E-state index is 5.76. The van der Waals surface area contributed by atoms with Crippen molar-refractivity contribution in [3.8, 4) is 5.75 Å². The second-order valence-electron chi connectivity index (χ2n) is 4.29. The molecule has 0 bridgehead atoms. The monoisotopic (exact) mass is 332 g/mol. The Balaban J connectivity index is 2.16. The minimum Gasteiger partial charge on any atom is -0.493 e. The molecule has 0 aliphatic heterocycles. The summed E-state index contributed by atoms with van der Waals surface area (Å²) in [5, 5.41) is 0. The first-order valence-corrected chi connectivity index (χ1v) is 7.29. The van der Waals surface area contributed by atoms with Gasteiger partial charge < -0.3 is 10.5 Å². The first-order valence-electron chi connectivity index (χ1n) is 6.50. The average Bonchev–Trinajstić information content (AvgIpc) is 2.48. The first-order chi connectivity index (χ1) is 9.79. The molecule has 0 radical (unpaired) electrons. The van der Waals surface area contributed by atoms with Crippen LogP contribution in [0.25, 0.3) is 12.2 Å². The Labute approximate surface area is 127 Å². The van der Waals surface area contributed by atoms with Crippen LogP contribution in [0.3, 0.4) is 0 Å². The van der Waals surface area contributed by atoms with Crippen LogP contribution in [-0.4, -0.2) is 18.1 Å². The molecule has 0 fully saturated rings. The van der Waals surface area contributed by atoms with E-state index < -0.39 is 0 Å². The number of benzene rings is 1. The van der Waals surface area contributed by atoms with Crippen molar-refractivity contribution in [2.24, 2.45) is 5.73 Å². The lowest BCUT2D eigenvalue weighted by Gasteiger charge is -2.09. The third-order valence-electron chi connectivity index (χ3n) is 2.74. The third kappa shape index (κ3) is 4.47. The molecule has 20 heavy (non-hydrogen) atoms. The highest BCUT2D eigenvalue weighted by molar-refractivity contribution is 9.10. The number of nitrogens with two attached hydrogens (primary N) is 1. The number of pyridine rings is 1. The van der Waals surface area contributed by atoms with E-state index in [1.54, 1.807) is 12.4 Å². The van der Waals surface area contributed by atoms with Crippen LogP contribution in [-0.2, 0) is 0 Å². The van der Waals surface area contributed by atoms with Gasteiger partial charge >= 0.3 is 0 Å². The van der Waals surface area contributed by atoms with Crippen LogP contribution in [0.4, 0.5) is 0 Å². The Morgan fingerprint density at radius 1 is 1.15 bits per heavy atom. The van der Waals surface area contributed by atoms with E-state index in [2.05, 4.69) is 20.9 Å². The fourth-order valence-electron chi connectivity index (χ4n) is 1.71. The van der Waals surface area contributed by atoms with Crippen LogP contribution >= 0.6 is 15.9 Å². The van der Waals surface area contributed by atoms with Gasteiger partial charge in [-0.1, -0.05) is 28.1 Å². The topological polar surface area (TPSA) is 48.1 Å². The summed E-state index contributed by atoms with van der Waals surface area (Å²) in [5.41, 5.74) is 7.62. The smallest absolute Gasteiger partial charge is 0.126 e. The molecule has 2 aromatic rings. The maximum atomic E-state index is 5.76. The van der Waals surface area contributed by atoms with Gasteiger partial charge in [0.25, 0.3) is 0 Å². The van der Waals surface area contributed by atoms with Crippen molar-refractivity contribution in [1.82, 2.24) is 4.98 Å². The second kappa shape index (κ2) is 7.82. The highest BCUT2D eigenvalue weighted by Crippen LogP contribution is 2.25. The molecule has 104 valence electrons. The van der Waals surface area contributed by atoms with E-state index in [1.165, 1.54) is 0 Å². The maximum Gasteiger partial charge on any atom is 0.126 e. The highest BCUT2D eigenvalue weighted by atomic mass is 79.9. The molecule has 0 saturated carbocycles. The lowest BCUT2D eigenvalue weighted by molar-refractivity contribution is 0.313. The Kier molecular flexibility index (Phi) is 5.77. The molecule has 3 nitrogen and oxygen atoms in total. The van der Waals surface area contributed by atoms with Gasteiger partial charge in [-0.15, -0.1) is 0 Å². The number of hydrogen-bond donors (Lipinski definition) is 1. The van der Waals surface area contributed by atoms with Crippen molar-refractivity contribution in [1.29, 1.82) is 0 Å². The number of rotatable bonds is 6. The summed E-state index contributed by atoms with van der Waals surface area (Å²) < 4.78 is 6.78. The standard InChI is InChI=1S/C16H17BrN2O/c17-15-4-5-16(20-11-1-8-18)14(12-15)3-2-13-6-9-19-10-7-13/h2-7,9-10,12H,1,8,11,18H2/b3-2+. The summed E-state index contributed by atoms with van der Waals surface area (Å²) in [6.45, 7) is 1.27. The Morgan fingerprint density at radius 2 is 1.95 bits per heavy atom. The van der Waals surface area contributed by atoms with Crippen LogP contribution in [0, 0.1) is 0 Å². The Hall–Kier alpha value is -1.65. The van der Waals surface area contributed by atoms with Gasteiger partial charge in [-0.05, 0) is 48.9 Å². The van der Waals surface area contributed by atoms with Crippen molar-refractivity contribution >= 4 is 28.1 Å². The first kappa shape index (κ1) is 14.8. The molecule has 2 rings (SSSR count). The van der Waals surface area contributed by atoms with Gasteiger partial charge in [-0.3, -0.25) is 4.98 Å². The van der Waals surface area contributed by atoms with Gasteiger partial charge in [0, 0.05) is 22.4 Å². The molecule has 0 amide bonds. The molecular formula is C16H17BrN2O. The minimum absolute atomic E-state index is 0.633. The second-order valence-corrected chi connectivity index (χ2v) is 5.20. The summed E-state index contributed by atoms with van der Waals surface area (Å²) >= 11 is 3.48. The van der Waals surface area contributed by atoms with Crippen LogP contribution in [0.2, 0.25) is 0 Å². The number of aromatic nitrogens is 1. The number of ether oxygens (including phenoxy) is 1. The van der Waals surface area contributed by atoms with Crippen LogP contribution in [0.1, 0.15) is 17.5 Å². The Morgan fingerprint density at radius 3 is 2.70 bits per heavy atom. The zero-order valence-corrected chi connectivity index (χ0v) is 12.7. The lowest BCUT2D eigenvalue weighted by atomic mass is 10.1. The largest absolute Gasteiger partial charge is 0.493 e. The fraction of sp³-hybridized carbons (Fsp3) is 0.188. The summed E-state index contributed by atoms with van der Waals surface area (Å²) in [6, 6.07) is 9.90. The number of halogens is 1. The Bertz CT molecular complexity index is 570. The van der Waals surface area contributed by atoms with E-state index in [0.717, 1.165) is 27.8 Å². The molecule has 1 aromatic carbocycles. The summed E-state index contributed by atoms with van der Waals surface area (Å²) in [7, 11) is 0. The summed E-state index contributed by atoms with van der Waals surface area (Å²) in [5.74, 6) is 0.868. The van der Waals surface area contributed by atoms with E-state index in [1.807, 2.05) is 42.5 Å². The quantitative estimate of drug-likeness (QED) is 0.819. The van der Waals surface area contributed by atoms with E-state index in [9.17, 15) is 0 Å². The molecule has 1 heterocycles. The van der Waals surface area contributed by atoms with Crippen molar-refractivity contribution in [2.75, 3.05) is 13.2 Å². The number of nitrogens with zero attached hydrogens (tertiary/aromatic N) is 1.